The van der Waals surface area contributed by atoms with E-state index >= 15 is 0 Å². The molecule has 0 saturated heterocycles. The number of hydrogen-bond acceptors (Lipinski definition) is 5. The minimum atomic E-state index is -0.405. The van der Waals surface area contributed by atoms with Gasteiger partial charge in [0.05, 0.1) is 11.8 Å². The topological polar surface area (TPSA) is 65.0 Å². The van der Waals surface area contributed by atoms with Gasteiger partial charge < -0.3 is 8.94 Å². The average Bonchev–Trinajstić information content (AvgIpc) is 3.00. The Morgan fingerprint density at radius 3 is 2.82 bits per heavy atom. The van der Waals surface area contributed by atoms with Crippen LogP contribution in [0.3, 0.4) is 0 Å². The van der Waals surface area contributed by atoms with Gasteiger partial charge in [-0.2, -0.15) is 4.98 Å². The minimum absolute atomic E-state index is 0.167. The van der Waals surface area contributed by atoms with Crippen molar-refractivity contribution in [2.75, 3.05) is 0 Å². The van der Waals surface area contributed by atoms with Gasteiger partial charge in [-0.15, -0.1) is 0 Å². The Morgan fingerprint density at radius 1 is 1.18 bits per heavy atom. The average molecular weight is 231 g/mol. The van der Waals surface area contributed by atoms with Crippen LogP contribution in [0.2, 0.25) is 0 Å². The Hall–Kier alpha value is -2.50. The van der Waals surface area contributed by atoms with E-state index in [9.17, 15) is 4.39 Å². The van der Waals surface area contributed by atoms with Gasteiger partial charge in [-0.05, 0) is 12.1 Å². The van der Waals surface area contributed by atoms with Crippen LogP contribution in [0.1, 0.15) is 0 Å². The lowest BCUT2D eigenvalue weighted by atomic mass is 10.2. The quantitative estimate of drug-likeness (QED) is 0.678. The molecule has 2 aromatic heterocycles. The van der Waals surface area contributed by atoms with Gasteiger partial charge in [0.15, 0.2) is 6.39 Å². The lowest BCUT2D eigenvalue weighted by Crippen LogP contribution is -1.85. The lowest BCUT2D eigenvalue weighted by Gasteiger charge is -1.94. The molecule has 0 radical (unpaired) electrons. The standard InChI is InChI=1S/C11H6FN3O2/c12-8-4-2-1-3-7(8)10-14-11(17-15-10)9-5-13-6-16-9/h1-6H. The van der Waals surface area contributed by atoms with Crippen LogP contribution in [0.5, 0.6) is 0 Å². The largest absolute Gasteiger partial charge is 0.438 e. The van der Waals surface area contributed by atoms with Crippen molar-refractivity contribution in [3.8, 4) is 23.0 Å². The summed E-state index contributed by atoms with van der Waals surface area (Å²) in [5.41, 5.74) is 0.280. The summed E-state index contributed by atoms with van der Waals surface area (Å²) >= 11 is 0. The molecule has 0 fully saturated rings. The van der Waals surface area contributed by atoms with Gasteiger partial charge in [0, 0.05) is 0 Å². The van der Waals surface area contributed by atoms with Crippen LogP contribution in [0.4, 0.5) is 4.39 Å². The molecule has 2 heterocycles. The van der Waals surface area contributed by atoms with Gasteiger partial charge in [-0.25, -0.2) is 9.37 Å². The number of halogens is 1. The van der Waals surface area contributed by atoms with E-state index in [0.717, 1.165) is 0 Å². The lowest BCUT2D eigenvalue weighted by molar-refractivity contribution is 0.416. The van der Waals surface area contributed by atoms with Gasteiger partial charge in [-0.1, -0.05) is 17.3 Å². The first-order valence-electron chi connectivity index (χ1n) is 4.82. The molecule has 0 unspecified atom stereocenters. The summed E-state index contributed by atoms with van der Waals surface area (Å²) in [7, 11) is 0. The van der Waals surface area contributed by atoms with E-state index < -0.39 is 5.82 Å². The predicted octanol–water partition coefficient (Wildman–Crippen LogP) is 2.53. The van der Waals surface area contributed by atoms with Crippen molar-refractivity contribution >= 4 is 0 Å². The highest BCUT2D eigenvalue weighted by Crippen LogP contribution is 2.23. The molecular weight excluding hydrogens is 225 g/mol. The molecule has 0 aliphatic heterocycles. The molecule has 3 aromatic rings. The second kappa shape index (κ2) is 3.82. The van der Waals surface area contributed by atoms with Gasteiger partial charge >= 0.3 is 0 Å². The van der Waals surface area contributed by atoms with Gasteiger partial charge in [0.1, 0.15) is 5.82 Å². The summed E-state index contributed by atoms with van der Waals surface area (Å²) in [5.74, 6) is 0.285. The molecule has 0 amide bonds. The molecule has 0 bridgehead atoms. The first-order chi connectivity index (χ1) is 8.34. The molecule has 6 heteroatoms. The first-order valence-corrected chi connectivity index (χ1v) is 4.82. The number of nitrogens with zero attached hydrogens (tertiary/aromatic N) is 3. The van der Waals surface area contributed by atoms with Crippen molar-refractivity contribution < 1.29 is 13.3 Å². The highest BCUT2D eigenvalue weighted by atomic mass is 19.1. The monoisotopic (exact) mass is 231 g/mol. The van der Waals surface area contributed by atoms with Gasteiger partial charge in [0.25, 0.3) is 5.89 Å². The van der Waals surface area contributed by atoms with E-state index in [-0.39, 0.29) is 17.3 Å². The number of benzene rings is 1. The molecule has 0 atom stereocenters. The summed E-state index contributed by atoms with van der Waals surface area (Å²) in [6, 6.07) is 6.20. The van der Waals surface area contributed by atoms with E-state index in [4.69, 9.17) is 8.94 Å². The van der Waals surface area contributed by atoms with Crippen LogP contribution in [-0.4, -0.2) is 15.1 Å². The minimum Gasteiger partial charge on any atom is -0.438 e. The zero-order chi connectivity index (χ0) is 11.7. The van der Waals surface area contributed by atoms with Gasteiger partial charge in [0.2, 0.25) is 11.6 Å². The van der Waals surface area contributed by atoms with Crippen LogP contribution in [0.25, 0.3) is 23.0 Å². The molecule has 1 aromatic carbocycles. The fourth-order valence-electron chi connectivity index (χ4n) is 1.40. The third-order valence-corrected chi connectivity index (χ3v) is 2.18. The summed E-state index contributed by atoms with van der Waals surface area (Å²) in [6.07, 6.45) is 2.70. The molecule has 84 valence electrons. The Labute approximate surface area is 94.9 Å². The first kappa shape index (κ1) is 9.71. The summed E-state index contributed by atoms with van der Waals surface area (Å²) < 4.78 is 23.4. The third kappa shape index (κ3) is 1.69. The maximum atomic E-state index is 13.5. The van der Waals surface area contributed by atoms with Crippen molar-refractivity contribution in [1.29, 1.82) is 0 Å². The summed E-state index contributed by atoms with van der Waals surface area (Å²) in [6.45, 7) is 0. The maximum Gasteiger partial charge on any atom is 0.295 e. The van der Waals surface area contributed by atoms with Crippen LogP contribution in [0, 0.1) is 5.82 Å². The molecule has 0 saturated carbocycles. The second-order valence-electron chi connectivity index (χ2n) is 3.27. The molecule has 5 nitrogen and oxygen atoms in total. The fraction of sp³-hybridized carbons (Fsp3) is 0. The van der Waals surface area contributed by atoms with Crippen LogP contribution < -0.4 is 0 Å². The van der Waals surface area contributed by atoms with Crippen molar-refractivity contribution in [3.63, 3.8) is 0 Å². The normalized spacial score (nSPS) is 10.6. The van der Waals surface area contributed by atoms with Crippen molar-refractivity contribution in [1.82, 2.24) is 15.1 Å². The Balaban J connectivity index is 2.04. The number of hydrogen-bond donors (Lipinski definition) is 0. The Bertz CT molecular complexity index is 634. The van der Waals surface area contributed by atoms with Crippen LogP contribution in [-0.2, 0) is 0 Å². The van der Waals surface area contributed by atoms with Gasteiger partial charge in [-0.3, -0.25) is 0 Å². The predicted molar refractivity (Wildman–Crippen MR) is 55.2 cm³/mol. The number of aromatic nitrogens is 3. The highest BCUT2D eigenvalue weighted by Gasteiger charge is 2.15. The van der Waals surface area contributed by atoms with Crippen LogP contribution in [0.15, 0.2) is 45.8 Å². The molecule has 0 spiro atoms. The van der Waals surface area contributed by atoms with E-state index in [0.29, 0.717) is 5.76 Å². The van der Waals surface area contributed by atoms with E-state index in [1.54, 1.807) is 18.2 Å². The molecular formula is C11H6FN3O2. The molecule has 17 heavy (non-hydrogen) atoms. The molecule has 0 N–H and O–H groups in total. The number of rotatable bonds is 2. The molecule has 0 aliphatic carbocycles. The smallest absolute Gasteiger partial charge is 0.295 e. The summed E-state index contributed by atoms with van der Waals surface area (Å²) in [5, 5.41) is 3.69. The van der Waals surface area contributed by atoms with E-state index in [1.165, 1.54) is 18.7 Å². The summed E-state index contributed by atoms with van der Waals surface area (Å²) in [4.78, 5) is 7.76. The second-order valence-corrected chi connectivity index (χ2v) is 3.27. The van der Waals surface area contributed by atoms with Crippen LogP contribution >= 0.6 is 0 Å². The Kier molecular flexibility index (Phi) is 2.18. The third-order valence-electron chi connectivity index (χ3n) is 2.18. The fourth-order valence-corrected chi connectivity index (χ4v) is 1.40. The SMILES string of the molecule is Fc1ccccc1-c1noc(-c2cnco2)n1. The van der Waals surface area contributed by atoms with Crippen molar-refractivity contribution in [2.45, 2.75) is 0 Å². The van der Waals surface area contributed by atoms with Crippen molar-refractivity contribution in [2.24, 2.45) is 0 Å². The van der Waals surface area contributed by atoms with Crippen molar-refractivity contribution in [3.05, 3.63) is 42.7 Å². The Morgan fingerprint density at radius 2 is 2.06 bits per heavy atom. The van der Waals surface area contributed by atoms with E-state index in [1.807, 2.05) is 0 Å². The zero-order valence-electron chi connectivity index (χ0n) is 8.50. The molecule has 0 aliphatic rings. The highest BCUT2D eigenvalue weighted by molar-refractivity contribution is 5.57. The number of oxazole rings is 1. The molecule has 3 rings (SSSR count). The zero-order valence-corrected chi connectivity index (χ0v) is 8.50. The van der Waals surface area contributed by atoms with E-state index in [2.05, 4.69) is 15.1 Å². The maximum absolute atomic E-state index is 13.5.